The van der Waals surface area contributed by atoms with E-state index in [2.05, 4.69) is 4.90 Å². The van der Waals surface area contributed by atoms with Gasteiger partial charge in [-0.15, -0.1) is 0 Å². The molecule has 1 fully saturated rings. The third-order valence-corrected chi connectivity index (χ3v) is 2.56. The van der Waals surface area contributed by atoms with E-state index in [1.807, 2.05) is 14.1 Å². The zero-order valence-electron chi connectivity index (χ0n) is 8.75. The molecule has 1 aliphatic rings. The van der Waals surface area contributed by atoms with Crippen LogP contribution >= 0.6 is 0 Å². The average Bonchev–Trinajstić information content (AvgIpc) is 2.56. The van der Waals surface area contributed by atoms with E-state index in [0.717, 1.165) is 13.0 Å². The number of likely N-dealkylation sites (tertiary alicyclic amines) is 1. The van der Waals surface area contributed by atoms with E-state index in [1.165, 1.54) is 25.9 Å². The van der Waals surface area contributed by atoms with Crippen molar-refractivity contribution in [1.29, 1.82) is 0 Å². The molecule has 0 aliphatic carbocycles. The van der Waals surface area contributed by atoms with Crippen LogP contribution in [0, 0.1) is 0 Å². The lowest BCUT2D eigenvalue weighted by Gasteiger charge is -2.15. The van der Waals surface area contributed by atoms with Gasteiger partial charge in [0.2, 0.25) is 5.91 Å². The summed E-state index contributed by atoms with van der Waals surface area (Å²) in [5.74, 6) is 0.249. The van der Waals surface area contributed by atoms with Crippen molar-refractivity contribution in [3.8, 4) is 0 Å². The van der Waals surface area contributed by atoms with Crippen molar-refractivity contribution in [2.75, 3.05) is 33.7 Å². The second-order valence-corrected chi connectivity index (χ2v) is 3.94. The molecule has 1 saturated heterocycles. The van der Waals surface area contributed by atoms with Gasteiger partial charge in [-0.25, -0.2) is 0 Å². The van der Waals surface area contributed by atoms with Gasteiger partial charge in [0.15, 0.2) is 0 Å². The maximum atomic E-state index is 11.2. The number of amides is 1. The number of carbonyl (C=O) groups excluding carboxylic acids is 1. The van der Waals surface area contributed by atoms with Crippen molar-refractivity contribution >= 4 is 5.91 Å². The van der Waals surface area contributed by atoms with Crippen LogP contribution in [0.3, 0.4) is 0 Å². The smallest absolute Gasteiger partial charge is 0.222 e. The quantitative estimate of drug-likeness (QED) is 0.649. The van der Waals surface area contributed by atoms with E-state index < -0.39 is 0 Å². The van der Waals surface area contributed by atoms with E-state index in [0.29, 0.717) is 6.42 Å². The molecule has 1 aliphatic heterocycles. The molecule has 76 valence electrons. The number of nitrogens with zero attached hydrogens (tertiary/aromatic N) is 2. The maximum absolute atomic E-state index is 11.2. The highest BCUT2D eigenvalue weighted by atomic mass is 16.2. The second kappa shape index (κ2) is 5.22. The largest absolute Gasteiger partial charge is 0.349 e. The van der Waals surface area contributed by atoms with Gasteiger partial charge in [-0.05, 0) is 38.9 Å². The van der Waals surface area contributed by atoms with Crippen LogP contribution in [0.25, 0.3) is 0 Å². The Bertz CT molecular complexity index is 162. The van der Waals surface area contributed by atoms with Gasteiger partial charge >= 0.3 is 0 Å². The van der Waals surface area contributed by atoms with Crippen molar-refractivity contribution < 1.29 is 4.79 Å². The summed E-state index contributed by atoms with van der Waals surface area (Å²) in [6.07, 6.45) is 4.38. The Labute approximate surface area is 80.7 Å². The van der Waals surface area contributed by atoms with Crippen molar-refractivity contribution in [1.82, 2.24) is 9.80 Å². The number of hydrogen-bond acceptors (Lipinski definition) is 2. The van der Waals surface area contributed by atoms with Gasteiger partial charge < -0.3 is 9.80 Å². The van der Waals surface area contributed by atoms with Crippen LogP contribution in [0.1, 0.15) is 25.7 Å². The first kappa shape index (κ1) is 10.5. The number of rotatable bonds is 4. The summed E-state index contributed by atoms with van der Waals surface area (Å²) >= 11 is 0. The highest BCUT2D eigenvalue weighted by Crippen LogP contribution is 2.08. The Morgan fingerprint density at radius 1 is 1.31 bits per heavy atom. The van der Waals surface area contributed by atoms with E-state index in [-0.39, 0.29) is 5.91 Å². The molecule has 3 heteroatoms. The van der Waals surface area contributed by atoms with Crippen LogP contribution in [0.4, 0.5) is 0 Å². The molecule has 1 amide bonds. The molecule has 0 saturated carbocycles. The molecule has 0 aromatic rings. The van der Waals surface area contributed by atoms with Crippen molar-refractivity contribution in [3.05, 3.63) is 0 Å². The summed E-state index contributed by atoms with van der Waals surface area (Å²) in [4.78, 5) is 15.3. The monoisotopic (exact) mass is 184 g/mol. The second-order valence-electron chi connectivity index (χ2n) is 3.94. The summed E-state index contributed by atoms with van der Waals surface area (Å²) in [6, 6.07) is 0. The maximum Gasteiger partial charge on any atom is 0.222 e. The molecule has 1 rings (SSSR count). The lowest BCUT2D eigenvalue weighted by Crippen LogP contribution is -2.25. The van der Waals surface area contributed by atoms with Crippen LogP contribution < -0.4 is 0 Å². The summed E-state index contributed by atoms with van der Waals surface area (Å²) in [5, 5.41) is 0. The molecule has 13 heavy (non-hydrogen) atoms. The van der Waals surface area contributed by atoms with Gasteiger partial charge in [0.25, 0.3) is 0 Å². The molecule has 0 aromatic heterocycles. The molecule has 0 unspecified atom stereocenters. The molecule has 0 radical (unpaired) electrons. The van der Waals surface area contributed by atoms with Crippen LogP contribution in [-0.4, -0.2) is 49.4 Å². The lowest BCUT2D eigenvalue weighted by atomic mass is 10.3. The zero-order valence-corrected chi connectivity index (χ0v) is 8.75. The molecule has 0 aromatic carbocycles. The standard InChI is InChI=1S/C10H20N2O/c1-11(2)10(13)6-5-9-12-7-3-4-8-12/h3-9H2,1-2H3. The molecule has 0 atom stereocenters. The summed E-state index contributed by atoms with van der Waals surface area (Å²) in [7, 11) is 3.64. The highest BCUT2D eigenvalue weighted by molar-refractivity contribution is 5.75. The Hall–Kier alpha value is -0.570. The van der Waals surface area contributed by atoms with Crippen LogP contribution in [0.15, 0.2) is 0 Å². The summed E-state index contributed by atoms with van der Waals surface area (Å²) in [6.45, 7) is 3.56. The van der Waals surface area contributed by atoms with E-state index in [9.17, 15) is 4.79 Å². The third kappa shape index (κ3) is 3.77. The fraction of sp³-hybridized carbons (Fsp3) is 0.900. The fourth-order valence-corrected chi connectivity index (χ4v) is 1.68. The molecule has 0 bridgehead atoms. The Morgan fingerprint density at radius 3 is 2.46 bits per heavy atom. The first-order chi connectivity index (χ1) is 6.20. The van der Waals surface area contributed by atoms with Gasteiger partial charge in [0.05, 0.1) is 0 Å². The minimum Gasteiger partial charge on any atom is -0.349 e. The van der Waals surface area contributed by atoms with Gasteiger partial charge in [-0.1, -0.05) is 0 Å². The molecule has 3 nitrogen and oxygen atoms in total. The van der Waals surface area contributed by atoms with Gasteiger partial charge in [-0.2, -0.15) is 0 Å². The van der Waals surface area contributed by atoms with Gasteiger partial charge in [-0.3, -0.25) is 4.79 Å². The minimum atomic E-state index is 0.249. The van der Waals surface area contributed by atoms with Crippen LogP contribution in [0.2, 0.25) is 0 Å². The fourth-order valence-electron chi connectivity index (χ4n) is 1.68. The first-order valence-electron chi connectivity index (χ1n) is 5.12. The molecular formula is C10H20N2O. The van der Waals surface area contributed by atoms with E-state index in [1.54, 1.807) is 4.90 Å². The van der Waals surface area contributed by atoms with Crippen molar-refractivity contribution in [2.24, 2.45) is 0 Å². The SMILES string of the molecule is CN(C)C(=O)CCCN1CCCC1. The molecule has 0 spiro atoms. The Morgan fingerprint density at radius 2 is 1.92 bits per heavy atom. The molecule has 0 N–H and O–H groups in total. The summed E-state index contributed by atoms with van der Waals surface area (Å²) in [5.41, 5.74) is 0. The number of carbonyl (C=O) groups is 1. The van der Waals surface area contributed by atoms with E-state index in [4.69, 9.17) is 0 Å². The average molecular weight is 184 g/mol. The van der Waals surface area contributed by atoms with Gasteiger partial charge in [0.1, 0.15) is 0 Å². The lowest BCUT2D eigenvalue weighted by molar-refractivity contribution is -0.128. The predicted octanol–water partition coefficient (Wildman–Crippen LogP) is 0.951. The highest BCUT2D eigenvalue weighted by Gasteiger charge is 2.11. The molecular weight excluding hydrogens is 164 g/mol. The van der Waals surface area contributed by atoms with Gasteiger partial charge in [0, 0.05) is 20.5 Å². The Balaban J connectivity index is 2.03. The van der Waals surface area contributed by atoms with Crippen LogP contribution in [0.5, 0.6) is 0 Å². The van der Waals surface area contributed by atoms with Crippen molar-refractivity contribution in [2.45, 2.75) is 25.7 Å². The van der Waals surface area contributed by atoms with Crippen molar-refractivity contribution in [3.63, 3.8) is 0 Å². The first-order valence-corrected chi connectivity index (χ1v) is 5.12. The van der Waals surface area contributed by atoms with Crippen LogP contribution in [-0.2, 0) is 4.79 Å². The number of hydrogen-bond donors (Lipinski definition) is 0. The van der Waals surface area contributed by atoms with E-state index >= 15 is 0 Å². The summed E-state index contributed by atoms with van der Waals surface area (Å²) < 4.78 is 0. The topological polar surface area (TPSA) is 23.6 Å². The molecule has 1 heterocycles. The Kier molecular flexibility index (Phi) is 4.22. The minimum absolute atomic E-state index is 0.249. The third-order valence-electron chi connectivity index (χ3n) is 2.56. The zero-order chi connectivity index (χ0) is 9.68. The normalized spacial score (nSPS) is 17.7. The predicted molar refractivity (Wildman–Crippen MR) is 53.6 cm³/mol.